The van der Waals surface area contributed by atoms with E-state index in [1.54, 1.807) is 12.4 Å². The number of benzene rings is 2. The number of pyridine rings is 1. The van der Waals surface area contributed by atoms with E-state index in [1.165, 1.54) is 18.5 Å². The first-order valence-electron chi connectivity index (χ1n) is 9.75. The summed E-state index contributed by atoms with van der Waals surface area (Å²) < 4.78 is 13.9. The van der Waals surface area contributed by atoms with E-state index in [2.05, 4.69) is 25.1 Å². The third kappa shape index (κ3) is 2.95. The molecule has 0 spiro atoms. The van der Waals surface area contributed by atoms with Crippen LogP contribution in [-0.2, 0) is 0 Å². The number of hydrogen-bond acceptors (Lipinski definition) is 6. The first-order chi connectivity index (χ1) is 15.7. The van der Waals surface area contributed by atoms with E-state index in [0.29, 0.717) is 39.4 Å². The molecular formula is C23H14FN7O. The molecule has 0 fully saturated rings. The third-order valence-corrected chi connectivity index (χ3v) is 5.19. The Morgan fingerprint density at radius 3 is 2.56 bits per heavy atom. The van der Waals surface area contributed by atoms with E-state index in [9.17, 15) is 9.50 Å². The average Bonchev–Trinajstić information content (AvgIpc) is 3.42. The van der Waals surface area contributed by atoms with Crippen molar-refractivity contribution < 1.29 is 9.50 Å². The maximum Gasteiger partial charge on any atom is 0.161 e. The van der Waals surface area contributed by atoms with Crippen LogP contribution in [0.15, 0.2) is 67.3 Å². The number of phenolic OH excluding ortho intramolecular Hbond substituents is 1. The summed E-state index contributed by atoms with van der Waals surface area (Å²) in [5.41, 5.74) is 6.08. The second-order valence-corrected chi connectivity index (χ2v) is 7.28. The molecule has 9 heteroatoms. The van der Waals surface area contributed by atoms with Crippen molar-refractivity contribution in [2.24, 2.45) is 0 Å². The molecule has 2 aromatic carbocycles. The summed E-state index contributed by atoms with van der Waals surface area (Å²) in [7, 11) is 0. The zero-order chi connectivity index (χ0) is 21.7. The maximum atomic E-state index is 13.9. The van der Waals surface area contributed by atoms with Gasteiger partial charge in [-0.1, -0.05) is 12.1 Å². The van der Waals surface area contributed by atoms with Crippen LogP contribution in [0, 0.1) is 5.82 Å². The monoisotopic (exact) mass is 423 g/mol. The Balaban J connectivity index is 1.52. The van der Waals surface area contributed by atoms with Crippen LogP contribution in [0.25, 0.3) is 56.0 Å². The number of nitrogens with zero attached hydrogens (tertiary/aromatic N) is 5. The fraction of sp³-hybridized carbons (Fsp3) is 0. The van der Waals surface area contributed by atoms with Gasteiger partial charge < -0.3 is 10.1 Å². The molecule has 0 bridgehead atoms. The number of rotatable bonds is 3. The SMILES string of the molecule is Oc1cc(F)cc(-c2cccc3[nH]c(-c4n[nH]c5ccc(-c6cncnc6)nc45)nc23)c1. The van der Waals surface area contributed by atoms with Gasteiger partial charge in [0.15, 0.2) is 11.5 Å². The number of H-pyrrole nitrogens is 2. The Labute approximate surface area is 179 Å². The van der Waals surface area contributed by atoms with Gasteiger partial charge in [0, 0.05) is 29.6 Å². The van der Waals surface area contributed by atoms with Gasteiger partial charge in [0.1, 0.15) is 23.4 Å². The van der Waals surface area contributed by atoms with Gasteiger partial charge in [-0.25, -0.2) is 24.3 Å². The summed E-state index contributed by atoms with van der Waals surface area (Å²) in [5, 5.41) is 17.2. The molecule has 32 heavy (non-hydrogen) atoms. The van der Waals surface area contributed by atoms with Crippen molar-refractivity contribution >= 4 is 22.1 Å². The van der Waals surface area contributed by atoms with Gasteiger partial charge in [0.2, 0.25) is 0 Å². The van der Waals surface area contributed by atoms with E-state index < -0.39 is 5.82 Å². The number of aromatic hydroxyl groups is 1. The molecule has 0 radical (unpaired) electrons. The summed E-state index contributed by atoms with van der Waals surface area (Å²) >= 11 is 0. The molecule has 0 amide bonds. The Morgan fingerprint density at radius 2 is 1.72 bits per heavy atom. The molecule has 6 rings (SSSR count). The molecular weight excluding hydrogens is 409 g/mol. The molecule has 0 aliphatic heterocycles. The van der Waals surface area contributed by atoms with Crippen LogP contribution in [0.4, 0.5) is 4.39 Å². The quantitative estimate of drug-likeness (QED) is 0.387. The number of nitrogens with one attached hydrogen (secondary N) is 2. The number of fused-ring (bicyclic) bond motifs is 2. The van der Waals surface area contributed by atoms with Gasteiger partial charge in [-0.3, -0.25) is 5.10 Å². The molecule has 0 saturated carbocycles. The predicted octanol–water partition coefficient (Wildman–Crippen LogP) is 4.47. The van der Waals surface area contributed by atoms with Crippen LogP contribution in [0.1, 0.15) is 0 Å². The van der Waals surface area contributed by atoms with Gasteiger partial charge in [-0.15, -0.1) is 0 Å². The van der Waals surface area contributed by atoms with Gasteiger partial charge >= 0.3 is 0 Å². The maximum absolute atomic E-state index is 13.9. The van der Waals surface area contributed by atoms with Crippen LogP contribution in [-0.4, -0.2) is 40.2 Å². The van der Waals surface area contributed by atoms with Gasteiger partial charge in [-0.2, -0.15) is 5.10 Å². The molecule has 0 unspecified atom stereocenters. The van der Waals surface area contributed by atoms with Crippen LogP contribution < -0.4 is 0 Å². The highest BCUT2D eigenvalue weighted by Gasteiger charge is 2.17. The zero-order valence-corrected chi connectivity index (χ0v) is 16.4. The molecule has 0 aliphatic rings. The minimum absolute atomic E-state index is 0.146. The minimum Gasteiger partial charge on any atom is -0.508 e. The third-order valence-electron chi connectivity index (χ3n) is 5.19. The smallest absolute Gasteiger partial charge is 0.161 e. The van der Waals surface area contributed by atoms with Gasteiger partial charge in [0.25, 0.3) is 0 Å². The first-order valence-corrected chi connectivity index (χ1v) is 9.75. The molecule has 154 valence electrons. The Hall–Kier alpha value is -4.66. The number of halogens is 1. The largest absolute Gasteiger partial charge is 0.508 e. The molecule has 3 N–H and O–H groups in total. The second kappa shape index (κ2) is 6.95. The summed E-state index contributed by atoms with van der Waals surface area (Å²) in [6.45, 7) is 0. The van der Waals surface area contributed by atoms with Crippen molar-refractivity contribution in [3.63, 3.8) is 0 Å². The average molecular weight is 423 g/mol. The first kappa shape index (κ1) is 18.1. The fourth-order valence-corrected chi connectivity index (χ4v) is 3.76. The summed E-state index contributed by atoms with van der Waals surface area (Å²) in [4.78, 5) is 20.9. The van der Waals surface area contributed by atoms with Crippen molar-refractivity contribution in [2.75, 3.05) is 0 Å². The molecule has 0 aliphatic carbocycles. The fourth-order valence-electron chi connectivity index (χ4n) is 3.76. The van der Waals surface area contributed by atoms with Crippen LogP contribution >= 0.6 is 0 Å². The highest BCUT2D eigenvalue weighted by Crippen LogP contribution is 2.33. The van der Waals surface area contributed by atoms with Gasteiger partial charge in [0.05, 0.1) is 22.2 Å². The Morgan fingerprint density at radius 1 is 0.844 bits per heavy atom. The van der Waals surface area contributed by atoms with E-state index >= 15 is 0 Å². The van der Waals surface area contributed by atoms with Crippen molar-refractivity contribution in [1.82, 2.24) is 35.1 Å². The standard InChI is InChI=1S/C23H14FN7O/c24-14-6-12(7-15(32)8-14)16-2-1-3-18-20(16)29-23(28-18)22-21-19(30-31-22)5-4-17(27-21)13-9-25-11-26-10-13/h1-11,32H,(H,28,29)(H,30,31). The van der Waals surface area contributed by atoms with Crippen molar-refractivity contribution in [1.29, 1.82) is 0 Å². The van der Waals surface area contributed by atoms with E-state index in [0.717, 1.165) is 22.7 Å². The number of phenols is 1. The van der Waals surface area contributed by atoms with E-state index in [1.807, 2.05) is 30.3 Å². The van der Waals surface area contributed by atoms with Crippen molar-refractivity contribution in [3.05, 3.63) is 73.1 Å². The normalized spacial score (nSPS) is 11.4. The van der Waals surface area contributed by atoms with Crippen molar-refractivity contribution in [3.8, 4) is 39.7 Å². The van der Waals surface area contributed by atoms with E-state index in [4.69, 9.17) is 9.97 Å². The summed E-state index contributed by atoms with van der Waals surface area (Å²) in [5.74, 6) is -0.145. The number of hydrogen-bond donors (Lipinski definition) is 3. The lowest BCUT2D eigenvalue weighted by Crippen LogP contribution is -1.88. The molecule has 4 aromatic heterocycles. The molecule has 6 aromatic rings. The lowest BCUT2D eigenvalue weighted by molar-refractivity contribution is 0.469. The lowest BCUT2D eigenvalue weighted by Gasteiger charge is -2.04. The zero-order valence-electron chi connectivity index (χ0n) is 16.4. The summed E-state index contributed by atoms with van der Waals surface area (Å²) in [6.07, 6.45) is 4.86. The molecule has 0 atom stereocenters. The van der Waals surface area contributed by atoms with E-state index in [-0.39, 0.29) is 5.75 Å². The summed E-state index contributed by atoms with van der Waals surface area (Å²) in [6, 6.07) is 13.3. The lowest BCUT2D eigenvalue weighted by atomic mass is 10.0. The Kier molecular flexibility index (Phi) is 3.94. The molecule has 0 saturated heterocycles. The highest BCUT2D eigenvalue weighted by molar-refractivity contribution is 5.96. The number of aromatic amines is 2. The number of para-hydroxylation sites is 1. The highest BCUT2D eigenvalue weighted by atomic mass is 19.1. The Bertz CT molecular complexity index is 1590. The number of imidazole rings is 1. The predicted molar refractivity (Wildman–Crippen MR) is 117 cm³/mol. The number of aromatic nitrogens is 7. The van der Waals surface area contributed by atoms with Crippen LogP contribution in [0.2, 0.25) is 0 Å². The molecule has 8 nitrogen and oxygen atoms in total. The van der Waals surface area contributed by atoms with Gasteiger partial charge in [-0.05, 0) is 35.9 Å². The minimum atomic E-state index is -0.521. The van der Waals surface area contributed by atoms with Crippen LogP contribution in [0.5, 0.6) is 5.75 Å². The van der Waals surface area contributed by atoms with Crippen LogP contribution in [0.3, 0.4) is 0 Å². The second-order valence-electron chi connectivity index (χ2n) is 7.28. The van der Waals surface area contributed by atoms with Crippen molar-refractivity contribution in [2.45, 2.75) is 0 Å². The topological polar surface area (TPSA) is 116 Å². The molecule has 4 heterocycles.